The number of likely N-dealkylation sites (tertiary alicyclic amines) is 1. The number of hydrogen-bond donors (Lipinski definition) is 1. The minimum absolute atomic E-state index is 0.168. The van der Waals surface area contributed by atoms with E-state index in [0.29, 0.717) is 19.6 Å². The lowest BCUT2D eigenvalue weighted by molar-refractivity contribution is -0.128. The molecule has 3 nitrogen and oxygen atoms in total. The molecule has 0 saturated carbocycles. The smallest absolute Gasteiger partial charge is 0.224 e. The van der Waals surface area contributed by atoms with Crippen LogP contribution < -0.4 is 4.74 Å². The van der Waals surface area contributed by atoms with Crippen LogP contribution in [0.15, 0.2) is 54.6 Å². The standard InChI is InChI=1S/C18H19NO2S/c20-18-10-17(22)12-19(18)11-14-6-8-16(9-7-14)21-13-15-4-2-1-3-5-15/h1-9,17,22H,10-13H2. The average molecular weight is 313 g/mol. The number of thiol groups is 1. The first kappa shape index (κ1) is 15.0. The average Bonchev–Trinajstić information content (AvgIpc) is 2.85. The lowest BCUT2D eigenvalue weighted by atomic mass is 10.2. The Balaban J connectivity index is 1.55. The summed E-state index contributed by atoms with van der Waals surface area (Å²) in [6, 6.07) is 18.0. The van der Waals surface area contributed by atoms with Gasteiger partial charge in [-0.05, 0) is 23.3 Å². The summed E-state index contributed by atoms with van der Waals surface area (Å²) in [6.45, 7) is 1.94. The Hall–Kier alpha value is -1.94. The third kappa shape index (κ3) is 3.83. The molecule has 3 rings (SSSR count). The summed E-state index contributed by atoms with van der Waals surface area (Å²) in [7, 11) is 0. The zero-order chi connectivity index (χ0) is 15.4. The normalized spacial score (nSPS) is 17.8. The molecule has 1 aliphatic rings. The van der Waals surface area contributed by atoms with E-state index in [-0.39, 0.29) is 11.2 Å². The van der Waals surface area contributed by atoms with Crippen LogP contribution >= 0.6 is 12.6 Å². The molecular weight excluding hydrogens is 294 g/mol. The van der Waals surface area contributed by atoms with Gasteiger partial charge in [-0.15, -0.1) is 0 Å². The van der Waals surface area contributed by atoms with Crippen molar-refractivity contribution in [2.24, 2.45) is 0 Å². The van der Waals surface area contributed by atoms with Gasteiger partial charge in [-0.2, -0.15) is 12.6 Å². The first-order valence-electron chi connectivity index (χ1n) is 7.42. The molecule has 1 saturated heterocycles. The van der Waals surface area contributed by atoms with E-state index in [4.69, 9.17) is 4.74 Å². The van der Waals surface area contributed by atoms with Crippen molar-refractivity contribution in [3.05, 3.63) is 65.7 Å². The van der Waals surface area contributed by atoms with E-state index in [0.717, 1.165) is 23.4 Å². The zero-order valence-electron chi connectivity index (χ0n) is 12.3. The maximum atomic E-state index is 11.8. The minimum atomic E-state index is 0.168. The molecule has 1 amide bonds. The third-order valence-corrected chi connectivity index (χ3v) is 4.09. The second kappa shape index (κ2) is 6.88. The predicted octanol–water partition coefficient (Wildman–Crippen LogP) is 3.30. The highest BCUT2D eigenvalue weighted by molar-refractivity contribution is 7.81. The summed E-state index contributed by atoms with van der Waals surface area (Å²) >= 11 is 4.37. The van der Waals surface area contributed by atoms with Crippen molar-refractivity contribution in [3.8, 4) is 5.75 Å². The maximum Gasteiger partial charge on any atom is 0.224 e. The second-order valence-corrected chi connectivity index (χ2v) is 6.28. The molecule has 1 heterocycles. The van der Waals surface area contributed by atoms with Gasteiger partial charge in [-0.3, -0.25) is 4.79 Å². The Morgan fingerprint density at radius 3 is 2.41 bits per heavy atom. The summed E-state index contributed by atoms with van der Waals surface area (Å²) in [5, 5.41) is 0.168. The monoisotopic (exact) mass is 313 g/mol. The minimum Gasteiger partial charge on any atom is -0.489 e. The number of amides is 1. The number of hydrogen-bond acceptors (Lipinski definition) is 3. The number of carbonyl (C=O) groups is 1. The van der Waals surface area contributed by atoms with E-state index in [1.807, 2.05) is 59.5 Å². The highest BCUT2D eigenvalue weighted by Gasteiger charge is 2.26. The maximum absolute atomic E-state index is 11.8. The van der Waals surface area contributed by atoms with Crippen molar-refractivity contribution in [1.82, 2.24) is 4.90 Å². The molecule has 0 spiro atoms. The molecule has 1 fully saturated rings. The summed E-state index contributed by atoms with van der Waals surface area (Å²) in [4.78, 5) is 13.6. The van der Waals surface area contributed by atoms with E-state index < -0.39 is 0 Å². The highest BCUT2D eigenvalue weighted by Crippen LogP contribution is 2.20. The van der Waals surface area contributed by atoms with Gasteiger partial charge < -0.3 is 9.64 Å². The molecule has 0 N–H and O–H groups in total. The van der Waals surface area contributed by atoms with Crippen molar-refractivity contribution >= 4 is 18.5 Å². The van der Waals surface area contributed by atoms with Crippen LogP contribution in [-0.2, 0) is 17.9 Å². The Morgan fingerprint density at radius 2 is 1.77 bits per heavy atom. The summed E-state index contributed by atoms with van der Waals surface area (Å²) in [5.41, 5.74) is 2.26. The van der Waals surface area contributed by atoms with Crippen LogP contribution in [0, 0.1) is 0 Å². The predicted molar refractivity (Wildman–Crippen MR) is 90.0 cm³/mol. The van der Waals surface area contributed by atoms with Gasteiger partial charge in [0, 0.05) is 24.8 Å². The molecule has 1 aliphatic heterocycles. The fourth-order valence-electron chi connectivity index (χ4n) is 2.56. The van der Waals surface area contributed by atoms with Gasteiger partial charge in [0.25, 0.3) is 0 Å². The Bertz CT molecular complexity index is 627. The third-order valence-electron chi connectivity index (χ3n) is 3.74. The fourth-order valence-corrected chi connectivity index (χ4v) is 2.91. The van der Waals surface area contributed by atoms with Crippen molar-refractivity contribution in [1.29, 1.82) is 0 Å². The summed E-state index contributed by atoms with van der Waals surface area (Å²) in [5.74, 6) is 1.02. The highest BCUT2D eigenvalue weighted by atomic mass is 32.1. The Kier molecular flexibility index (Phi) is 4.68. The quantitative estimate of drug-likeness (QED) is 0.858. The molecule has 4 heteroatoms. The van der Waals surface area contributed by atoms with Gasteiger partial charge in [-0.1, -0.05) is 42.5 Å². The van der Waals surface area contributed by atoms with Gasteiger partial charge in [-0.25, -0.2) is 0 Å². The molecule has 22 heavy (non-hydrogen) atoms. The number of rotatable bonds is 5. The van der Waals surface area contributed by atoms with Crippen LogP contribution in [0.3, 0.4) is 0 Å². The van der Waals surface area contributed by atoms with Crippen LogP contribution in [0.4, 0.5) is 0 Å². The fraction of sp³-hybridized carbons (Fsp3) is 0.278. The van der Waals surface area contributed by atoms with Crippen LogP contribution in [0.5, 0.6) is 5.75 Å². The topological polar surface area (TPSA) is 29.5 Å². The molecule has 114 valence electrons. The van der Waals surface area contributed by atoms with E-state index in [1.165, 1.54) is 0 Å². The molecule has 0 bridgehead atoms. The van der Waals surface area contributed by atoms with Gasteiger partial charge in [0.05, 0.1) is 0 Å². The first-order valence-corrected chi connectivity index (χ1v) is 7.94. The lowest BCUT2D eigenvalue weighted by Crippen LogP contribution is -2.24. The van der Waals surface area contributed by atoms with Crippen molar-refractivity contribution < 1.29 is 9.53 Å². The van der Waals surface area contributed by atoms with E-state index in [9.17, 15) is 4.79 Å². The molecule has 0 aliphatic carbocycles. The van der Waals surface area contributed by atoms with Crippen molar-refractivity contribution in [2.75, 3.05) is 6.54 Å². The zero-order valence-corrected chi connectivity index (χ0v) is 13.2. The first-order chi connectivity index (χ1) is 10.7. The number of nitrogens with zero attached hydrogens (tertiary/aromatic N) is 1. The van der Waals surface area contributed by atoms with Gasteiger partial charge in [0.1, 0.15) is 12.4 Å². The molecular formula is C18H19NO2S. The Morgan fingerprint density at radius 1 is 1.05 bits per heavy atom. The van der Waals surface area contributed by atoms with E-state index in [2.05, 4.69) is 12.6 Å². The van der Waals surface area contributed by atoms with Crippen LogP contribution in [0.25, 0.3) is 0 Å². The second-order valence-electron chi connectivity index (χ2n) is 5.55. The molecule has 0 radical (unpaired) electrons. The van der Waals surface area contributed by atoms with Crippen LogP contribution in [0.1, 0.15) is 17.5 Å². The summed E-state index contributed by atoms with van der Waals surface area (Å²) < 4.78 is 5.76. The van der Waals surface area contributed by atoms with Gasteiger partial charge in [0.2, 0.25) is 5.91 Å². The molecule has 0 aromatic heterocycles. The van der Waals surface area contributed by atoms with Gasteiger partial charge in [0.15, 0.2) is 0 Å². The number of ether oxygens (including phenoxy) is 1. The lowest BCUT2D eigenvalue weighted by Gasteiger charge is -2.16. The van der Waals surface area contributed by atoms with E-state index in [1.54, 1.807) is 0 Å². The van der Waals surface area contributed by atoms with Crippen molar-refractivity contribution in [3.63, 3.8) is 0 Å². The number of benzene rings is 2. The molecule has 2 aromatic rings. The molecule has 1 atom stereocenters. The molecule has 2 aromatic carbocycles. The van der Waals surface area contributed by atoms with Gasteiger partial charge >= 0.3 is 0 Å². The van der Waals surface area contributed by atoms with Crippen LogP contribution in [-0.4, -0.2) is 22.6 Å². The van der Waals surface area contributed by atoms with E-state index >= 15 is 0 Å². The van der Waals surface area contributed by atoms with Crippen LogP contribution in [0.2, 0.25) is 0 Å². The summed E-state index contributed by atoms with van der Waals surface area (Å²) in [6.07, 6.45) is 0.543. The SMILES string of the molecule is O=C1CC(S)CN1Cc1ccc(OCc2ccccc2)cc1. The Labute approximate surface area is 136 Å². The van der Waals surface area contributed by atoms with Crippen molar-refractivity contribution in [2.45, 2.75) is 24.8 Å². The largest absolute Gasteiger partial charge is 0.489 e. The molecule has 1 unspecified atom stereocenters. The number of carbonyl (C=O) groups excluding carboxylic acids is 1.